The molecule has 1 heterocycles. The predicted molar refractivity (Wildman–Crippen MR) is 109 cm³/mol. The minimum absolute atomic E-state index is 0.148. The molecule has 29 heavy (non-hydrogen) atoms. The standard InChI is InChI=1S/C19H13BrClFN4O3/c1-28-16-8-11(9-24-26-17(27)12-4-2-3-5-13(12)20)6-7-15(16)29-18-14(22)10-23-19(21)25-18/h2-10H,1H3,(H,26,27)/b24-9+. The SMILES string of the molecule is COc1cc(/C=N/NC(=O)c2ccccc2Br)ccc1Oc1nc(Cl)ncc1F. The average Bonchev–Trinajstić information content (AvgIpc) is 2.71. The van der Waals surface area contributed by atoms with E-state index in [4.69, 9.17) is 21.1 Å². The van der Waals surface area contributed by atoms with Crippen LogP contribution in [0.15, 0.2) is 58.2 Å². The van der Waals surface area contributed by atoms with Crippen LogP contribution in [-0.2, 0) is 0 Å². The van der Waals surface area contributed by atoms with Gasteiger partial charge in [-0.2, -0.15) is 14.5 Å². The van der Waals surface area contributed by atoms with Crippen molar-refractivity contribution in [2.45, 2.75) is 0 Å². The largest absolute Gasteiger partial charge is 0.493 e. The Kier molecular flexibility index (Phi) is 6.73. The van der Waals surface area contributed by atoms with Crippen molar-refractivity contribution in [3.05, 3.63) is 75.4 Å². The van der Waals surface area contributed by atoms with Crippen LogP contribution in [0.1, 0.15) is 15.9 Å². The molecule has 1 amide bonds. The van der Waals surface area contributed by atoms with Crippen molar-refractivity contribution in [2.75, 3.05) is 7.11 Å². The van der Waals surface area contributed by atoms with E-state index in [1.807, 2.05) is 0 Å². The topological polar surface area (TPSA) is 85.7 Å². The highest BCUT2D eigenvalue weighted by molar-refractivity contribution is 9.10. The molecule has 0 atom stereocenters. The van der Waals surface area contributed by atoms with Gasteiger partial charge in [0.15, 0.2) is 11.5 Å². The molecular formula is C19H13BrClFN4O3. The number of carbonyl (C=O) groups excluding carboxylic acids is 1. The summed E-state index contributed by atoms with van der Waals surface area (Å²) in [5, 5.41) is 3.79. The van der Waals surface area contributed by atoms with Crippen molar-refractivity contribution < 1.29 is 18.7 Å². The number of rotatable bonds is 6. The lowest BCUT2D eigenvalue weighted by Gasteiger charge is -2.10. The number of hydrogen-bond acceptors (Lipinski definition) is 6. The molecule has 0 saturated carbocycles. The summed E-state index contributed by atoms with van der Waals surface area (Å²) in [7, 11) is 1.43. The summed E-state index contributed by atoms with van der Waals surface area (Å²) in [6.45, 7) is 0. The fourth-order valence-corrected chi connectivity index (χ4v) is 2.82. The first kappa shape index (κ1) is 20.7. The van der Waals surface area contributed by atoms with E-state index in [2.05, 4.69) is 36.4 Å². The molecule has 0 spiro atoms. The van der Waals surface area contributed by atoms with E-state index in [9.17, 15) is 9.18 Å². The number of hydrazone groups is 1. The molecular weight excluding hydrogens is 467 g/mol. The van der Waals surface area contributed by atoms with Gasteiger partial charge in [0.05, 0.1) is 25.1 Å². The summed E-state index contributed by atoms with van der Waals surface area (Å²) >= 11 is 8.97. The van der Waals surface area contributed by atoms with E-state index < -0.39 is 5.82 Å². The molecule has 0 saturated heterocycles. The van der Waals surface area contributed by atoms with Crippen LogP contribution in [0.5, 0.6) is 17.4 Å². The smallest absolute Gasteiger partial charge is 0.272 e. The zero-order chi connectivity index (χ0) is 20.8. The molecule has 148 valence electrons. The van der Waals surface area contributed by atoms with E-state index in [0.717, 1.165) is 6.20 Å². The molecule has 0 bridgehead atoms. The van der Waals surface area contributed by atoms with Crippen LogP contribution >= 0.6 is 27.5 Å². The van der Waals surface area contributed by atoms with E-state index in [1.54, 1.807) is 42.5 Å². The first-order chi connectivity index (χ1) is 14.0. The van der Waals surface area contributed by atoms with Crippen LogP contribution in [-0.4, -0.2) is 29.2 Å². The fraction of sp³-hybridized carbons (Fsp3) is 0.0526. The van der Waals surface area contributed by atoms with E-state index in [1.165, 1.54) is 13.3 Å². The van der Waals surface area contributed by atoms with Gasteiger partial charge in [0, 0.05) is 4.47 Å². The molecule has 0 aliphatic rings. The zero-order valence-corrected chi connectivity index (χ0v) is 17.2. The lowest BCUT2D eigenvalue weighted by molar-refractivity contribution is 0.0954. The van der Waals surface area contributed by atoms with Gasteiger partial charge in [-0.3, -0.25) is 4.79 Å². The Morgan fingerprint density at radius 2 is 2.07 bits per heavy atom. The normalized spacial score (nSPS) is 10.8. The second-order valence-corrected chi connectivity index (χ2v) is 6.68. The first-order valence-electron chi connectivity index (χ1n) is 8.10. The molecule has 10 heteroatoms. The molecule has 1 aromatic heterocycles. The number of benzene rings is 2. The van der Waals surface area contributed by atoms with Crippen LogP contribution in [0, 0.1) is 5.82 Å². The van der Waals surface area contributed by atoms with E-state index >= 15 is 0 Å². The summed E-state index contributed by atoms with van der Waals surface area (Å²) < 4.78 is 25.1. The number of aromatic nitrogens is 2. The molecule has 1 N–H and O–H groups in total. The minimum Gasteiger partial charge on any atom is -0.493 e. The molecule has 0 fully saturated rings. The van der Waals surface area contributed by atoms with Crippen LogP contribution in [0.25, 0.3) is 0 Å². The number of ether oxygens (including phenoxy) is 2. The summed E-state index contributed by atoms with van der Waals surface area (Å²) in [4.78, 5) is 19.4. The molecule has 7 nitrogen and oxygen atoms in total. The fourth-order valence-electron chi connectivity index (χ4n) is 2.23. The molecule has 0 unspecified atom stereocenters. The van der Waals surface area contributed by atoms with E-state index in [0.29, 0.717) is 21.3 Å². The third-order valence-electron chi connectivity index (χ3n) is 3.58. The number of methoxy groups -OCH3 is 1. The summed E-state index contributed by atoms with van der Waals surface area (Å²) in [6, 6.07) is 11.8. The van der Waals surface area contributed by atoms with Gasteiger partial charge in [-0.05, 0) is 63.4 Å². The van der Waals surface area contributed by atoms with Gasteiger partial charge in [-0.15, -0.1) is 0 Å². The monoisotopic (exact) mass is 478 g/mol. The van der Waals surface area contributed by atoms with Gasteiger partial charge in [-0.25, -0.2) is 10.4 Å². The van der Waals surface area contributed by atoms with Crippen molar-refractivity contribution in [3.63, 3.8) is 0 Å². The number of hydrogen-bond donors (Lipinski definition) is 1. The van der Waals surface area contributed by atoms with Crippen molar-refractivity contribution in [2.24, 2.45) is 5.10 Å². The highest BCUT2D eigenvalue weighted by atomic mass is 79.9. The van der Waals surface area contributed by atoms with Crippen LogP contribution in [0.4, 0.5) is 4.39 Å². The highest BCUT2D eigenvalue weighted by Gasteiger charge is 2.13. The number of carbonyl (C=O) groups is 1. The minimum atomic E-state index is -0.767. The lowest BCUT2D eigenvalue weighted by atomic mass is 10.2. The van der Waals surface area contributed by atoms with Crippen molar-refractivity contribution in [1.82, 2.24) is 15.4 Å². The zero-order valence-electron chi connectivity index (χ0n) is 14.9. The second kappa shape index (κ2) is 9.44. The molecule has 0 aliphatic carbocycles. The molecule has 3 rings (SSSR count). The van der Waals surface area contributed by atoms with Crippen molar-refractivity contribution in [1.29, 1.82) is 0 Å². The van der Waals surface area contributed by atoms with Crippen LogP contribution in [0.2, 0.25) is 5.28 Å². The number of nitrogens with zero attached hydrogens (tertiary/aromatic N) is 3. The number of nitrogens with one attached hydrogen (secondary N) is 1. The number of amides is 1. The first-order valence-corrected chi connectivity index (χ1v) is 9.27. The average molecular weight is 480 g/mol. The van der Waals surface area contributed by atoms with Gasteiger partial charge in [0.2, 0.25) is 11.1 Å². The molecule has 2 aromatic carbocycles. The van der Waals surface area contributed by atoms with Crippen molar-refractivity contribution in [3.8, 4) is 17.4 Å². The Hall–Kier alpha value is -3.04. The Morgan fingerprint density at radius 3 is 2.83 bits per heavy atom. The maximum absolute atomic E-state index is 13.8. The lowest BCUT2D eigenvalue weighted by Crippen LogP contribution is -2.18. The maximum atomic E-state index is 13.8. The highest BCUT2D eigenvalue weighted by Crippen LogP contribution is 2.32. The molecule has 0 aliphatic heterocycles. The van der Waals surface area contributed by atoms with Crippen molar-refractivity contribution >= 4 is 39.7 Å². The second-order valence-electron chi connectivity index (χ2n) is 5.48. The molecule has 0 radical (unpaired) electrons. The van der Waals surface area contributed by atoms with Gasteiger partial charge in [0.1, 0.15) is 0 Å². The number of halogens is 3. The van der Waals surface area contributed by atoms with Gasteiger partial charge in [0.25, 0.3) is 11.8 Å². The van der Waals surface area contributed by atoms with Gasteiger partial charge >= 0.3 is 0 Å². The third-order valence-corrected chi connectivity index (χ3v) is 4.45. The quantitative estimate of drug-likeness (QED) is 0.317. The Morgan fingerprint density at radius 1 is 1.28 bits per heavy atom. The van der Waals surface area contributed by atoms with Crippen LogP contribution < -0.4 is 14.9 Å². The summed E-state index contributed by atoms with van der Waals surface area (Å²) in [6.07, 6.45) is 2.34. The maximum Gasteiger partial charge on any atom is 0.272 e. The Balaban J connectivity index is 1.73. The molecule has 3 aromatic rings. The summed E-state index contributed by atoms with van der Waals surface area (Å²) in [5.74, 6) is -0.935. The third kappa shape index (κ3) is 5.27. The van der Waals surface area contributed by atoms with Crippen LogP contribution in [0.3, 0.4) is 0 Å². The van der Waals surface area contributed by atoms with Gasteiger partial charge < -0.3 is 9.47 Å². The van der Waals surface area contributed by atoms with E-state index in [-0.39, 0.29) is 22.8 Å². The predicted octanol–water partition coefficient (Wildman–Crippen LogP) is 4.60. The van der Waals surface area contributed by atoms with Gasteiger partial charge in [-0.1, -0.05) is 12.1 Å². The summed E-state index contributed by atoms with van der Waals surface area (Å²) in [5.41, 5.74) is 3.51. The Labute approximate surface area is 178 Å². The Bertz CT molecular complexity index is 1080.